The van der Waals surface area contributed by atoms with Crippen LogP contribution in [0.3, 0.4) is 0 Å². The molecule has 3 heterocycles. The van der Waals surface area contributed by atoms with Crippen molar-refractivity contribution in [2.45, 2.75) is 38.1 Å². The number of likely N-dealkylation sites (tertiary alicyclic amines) is 1. The number of amides is 2. The summed E-state index contributed by atoms with van der Waals surface area (Å²) in [7, 11) is 0. The molecule has 0 bridgehead atoms. The monoisotopic (exact) mass is 434 g/mol. The second-order valence-corrected chi connectivity index (χ2v) is 8.36. The van der Waals surface area contributed by atoms with Crippen molar-refractivity contribution in [1.82, 2.24) is 20.1 Å². The van der Waals surface area contributed by atoms with Crippen LogP contribution in [0.2, 0.25) is 0 Å². The van der Waals surface area contributed by atoms with Crippen LogP contribution in [0.1, 0.15) is 42.5 Å². The minimum atomic E-state index is -0.628. The SMILES string of the molecule is O=C(Nc1nc(N2CCCCC2)n[nH]1)C1CCCN1C(=O)c1ccc2ccccc2c1O. The second-order valence-electron chi connectivity index (χ2n) is 8.36. The maximum Gasteiger partial charge on any atom is 0.258 e. The van der Waals surface area contributed by atoms with Gasteiger partial charge in [0.15, 0.2) is 0 Å². The van der Waals surface area contributed by atoms with Crippen molar-refractivity contribution in [2.24, 2.45) is 0 Å². The Morgan fingerprint density at radius 3 is 2.69 bits per heavy atom. The topological polar surface area (TPSA) is 114 Å². The van der Waals surface area contributed by atoms with E-state index >= 15 is 0 Å². The molecule has 2 aliphatic heterocycles. The van der Waals surface area contributed by atoms with E-state index in [1.165, 1.54) is 11.3 Å². The van der Waals surface area contributed by atoms with Gasteiger partial charge in [-0.05, 0) is 43.6 Å². The second kappa shape index (κ2) is 8.49. The highest BCUT2D eigenvalue weighted by atomic mass is 16.3. The van der Waals surface area contributed by atoms with Gasteiger partial charge in [0, 0.05) is 25.0 Å². The number of fused-ring (bicyclic) bond motifs is 1. The molecule has 2 fully saturated rings. The summed E-state index contributed by atoms with van der Waals surface area (Å²) in [5, 5.41) is 21.9. The number of aromatic nitrogens is 3. The Balaban J connectivity index is 1.31. The van der Waals surface area contributed by atoms with E-state index in [0.717, 1.165) is 31.3 Å². The van der Waals surface area contributed by atoms with Crippen LogP contribution in [0.15, 0.2) is 36.4 Å². The van der Waals surface area contributed by atoms with Gasteiger partial charge in [-0.3, -0.25) is 14.9 Å². The molecule has 166 valence electrons. The maximum atomic E-state index is 13.2. The smallest absolute Gasteiger partial charge is 0.258 e. The average molecular weight is 435 g/mol. The number of piperidine rings is 1. The van der Waals surface area contributed by atoms with Gasteiger partial charge in [0.25, 0.3) is 5.91 Å². The minimum Gasteiger partial charge on any atom is -0.506 e. The fourth-order valence-corrected chi connectivity index (χ4v) is 4.61. The molecule has 3 N–H and O–H groups in total. The Bertz CT molecular complexity index is 1150. The Labute approximate surface area is 185 Å². The molecule has 1 atom stereocenters. The van der Waals surface area contributed by atoms with Gasteiger partial charge in [-0.15, -0.1) is 5.10 Å². The number of carbonyl (C=O) groups is 2. The summed E-state index contributed by atoms with van der Waals surface area (Å²) in [6, 6.07) is 10.2. The van der Waals surface area contributed by atoms with Gasteiger partial charge in [-0.25, -0.2) is 5.10 Å². The zero-order valence-electron chi connectivity index (χ0n) is 17.8. The molecule has 1 unspecified atom stereocenters. The van der Waals surface area contributed by atoms with Crippen molar-refractivity contribution >= 4 is 34.5 Å². The van der Waals surface area contributed by atoms with Gasteiger partial charge < -0.3 is 14.9 Å². The van der Waals surface area contributed by atoms with E-state index in [1.807, 2.05) is 24.3 Å². The van der Waals surface area contributed by atoms with Crippen LogP contribution in [0.5, 0.6) is 5.75 Å². The normalized spacial score (nSPS) is 18.8. The fraction of sp³-hybridized carbons (Fsp3) is 0.391. The first-order chi connectivity index (χ1) is 15.6. The van der Waals surface area contributed by atoms with Crippen molar-refractivity contribution in [3.8, 4) is 5.75 Å². The summed E-state index contributed by atoms with van der Waals surface area (Å²) >= 11 is 0. The molecule has 32 heavy (non-hydrogen) atoms. The highest BCUT2D eigenvalue weighted by Crippen LogP contribution is 2.31. The Kier molecular flexibility index (Phi) is 5.38. The predicted molar refractivity (Wildman–Crippen MR) is 121 cm³/mol. The number of benzene rings is 2. The molecule has 9 heteroatoms. The minimum absolute atomic E-state index is 0.0550. The third-order valence-electron chi connectivity index (χ3n) is 6.30. The predicted octanol–water partition coefficient (Wildman–Crippen LogP) is 2.90. The summed E-state index contributed by atoms with van der Waals surface area (Å²) in [6.45, 7) is 2.27. The number of hydrogen-bond acceptors (Lipinski definition) is 6. The summed E-state index contributed by atoms with van der Waals surface area (Å²) in [6.07, 6.45) is 4.70. The number of aromatic hydroxyl groups is 1. The Hall–Kier alpha value is -3.62. The quantitative estimate of drug-likeness (QED) is 0.582. The van der Waals surface area contributed by atoms with Gasteiger partial charge in [0.05, 0.1) is 5.56 Å². The number of phenols is 1. The first-order valence-corrected chi connectivity index (χ1v) is 11.1. The van der Waals surface area contributed by atoms with Gasteiger partial charge in [-0.1, -0.05) is 30.3 Å². The van der Waals surface area contributed by atoms with E-state index in [9.17, 15) is 14.7 Å². The molecule has 0 radical (unpaired) electrons. The first-order valence-electron chi connectivity index (χ1n) is 11.1. The summed E-state index contributed by atoms with van der Waals surface area (Å²) < 4.78 is 0. The zero-order valence-corrected chi connectivity index (χ0v) is 17.8. The van der Waals surface area contributed by atoms with E-state index in [-0.39, 0.29) is 29.1 Å². The van der Waals surface area contributed by atoms with E-state index in [4.69, 9.17) is 0 Å². The highest BCUT2D eigenvalue weighted by Gasteiger charge is 2.36. The highest BCUT2D eigenvalue weighted by molar-refractivity contribution is 6.06. The van der Waals surface area contributed by atoms with Crippen molar-refractivity contribution in [3.05, 3.63) is 42.0 Å². The van der Waals surface area contributed by atoms with Crippen LogP contribution in [0.25, 0.3) is 10.8 Å². The van der Waals surface area contributed by atoms with Crippen molar-refractivity contribution in [2.75, 3.05) is 29.9 Å². The molecular formula is C23H26N6O3. The largest absolute Gasteiger partial charge is 0.506 e. The van der Waals surface area contributed by atoms with Crippen LogP contribution < -0.4 is 10.2 Å². The molecular weight excluding hydrogens is 408 g/mol. The third-order valence-corrected chi connectivity index (χ3v) is 6.30. The lowest BCUT2D eigenvalue weighted by molar-refractivity contribution is -0.119. The number of nitrogens with one attached hydrogen (secondary N) is 2. The number of hydrogen-bond donors (Lipinski definition) is 3. The van der Waals surface area contributed by atoms with Crippen LogP contribution >= 0.6 is 0 Å². The molecule has 3 aromatic rings. The lowest BCUT2D eigenvalue weighted by atomic mass is 10.0. The van der Waals surface area contributed by atoms with E-state index in [1.54, 1.807) is 12.1 Å². The molecule has 2 saturated heterocycles. The lowest BCUT2D eigenvalue weighted by Gasteiger charge is -2.25. The van der Waals surface area contributed by atoms with Crippen LogP contribution in [0.4, 0.5) is 11.9 Å². The first kappa shape index (κ1) is 20.3. The lowest BCUT2D eigenvalue weighted by Crippen LogP contribution is -2.43. The Morgan fingerprint density at radius 1 is 1.03 bits per heavy atom. The summed E-state index contributed by atoms with van der Waals surface area (Å²) in [5.41, 5.74) is 0.204. The number of anilines is 2. The fourth-order valence-electron chi connectivity index (χ4n) is 4.61. The van der Waals surface area contributed by atoms with E-state index in [0.29, 0.717) is 30.7 Å². The van der Waals surface area contributed by atoms with Gasteiger partial charge in [0.2, 0.25) is 17.8 Å². The molecule has 2 aliphatic rings. The standard InChI is InChI=1S/C23H26N6O3/c30-19-16-8-3-2-7-15(16)10-11-17(19)21(32)29-14-6-9-18(29)20(31)24-22-25-23(27-26-22)28-12-4-1-5-13-28/h2-3,7-8,10-11,18,30H,1,4-6,9,12-14H2,(H2,24,25,26,27,31). The van der Waals surface area contributed by atoms with Crippen LogP contribution in [0, 0.1) is 0 Å². The van der Waals surface area contributed by atoms with Crippen molar-refractivity contribution in [1.29, 1.82) is 0 Å². The summed E-state index contributed by atoms with van der Waals surface area (Å²) in [4.78, 5) is 34.2. The van der Waals surface area contributed by atoms with E-state index < -0.39 is 6.04 Å². The van der Waals surface area contributed by atoms with Gasteiger partial charge >= 0.3 is 0 Å². The number of aromatic amines is 1. The average Bonchev–Trinajstić information content (AvgIpc) is 3.50. The van der Waals surface area contributed by atoms with Gasteiger partial charge in [0.1, 0.15) is 11.8 Å². The van der Waals surface area contributed by atoms with Crippen molar-refractivity contribution < 1.29 is 14.7 Å². The van der Waals surface area contributed by atoms with Crippen molar-refractivity contribution in [3.63, 3.8) is 0 Å². The molecule has 5 rings (SSSR count). The molecule has 0 saturated carbocycles. The molecule has 1 aromatic heterocycles. The van der Waals surface area contributed by atoms with Crippen LogP contribution in [-0.4, -0.2) is 62.7 Å². The van der Waals surface area contributed by atoms with E-state index in [2.05, 4.69) is 25.4 Å². The molecule has 0 spiro atoms. The molecule has 2 aromatic carbocycles. The molecule has 9 nitrogen and oxygen atoms in total. The summed E-state index contributed by atoms with van der Waals surface area (Å²) in [5.74, 6) is 0.152. The maximum absolute atomic E-state index is 13.2. The Morgan fingerprint density at radius 2 is 1.84 bits per heavy atom. The third kappa shape index (κ3) is 3.74. The molecule has 0 aliphatic carbocycles. The molecule has 2 amide bonds. The number of phenolic OH excluding ortho intramolecular Hbond substituents is 1. The van der Waals surface area contributed by atoms with Gasteiger partial charge in [-0.2, -0.15) is 4.98 Å². The zero-order chi connectivity index (χ0) is 22.1. The number of carbonyl (C=O) groups excluding carboxylic acids is 2. The van der Waals surface area contributed by atoms with Crippen LogP contribution in [-0.2, 0) is 4.79 Å². The number of rotatable bonds is 4. The number of H-pyrrole nitrogens is 1. The number of nitrogens with zero attached hydrogens (tertiary/aromatic N) is 4.